The molecule has 1 aromatic heterocycles. The summed E-state index contributed by atoms with van der Waals surface area (Å²) < 4.78 is 5.05. The molecule has 2 heterocycles. The number of rotatable bonds is 4. The Bertz CT molecular complexity index is 639. The molecule has 0 saturated carbocycles. The highest BCUT2D eigenvalue weighted by Crippen LogP contribution is 2.44. The maximum absolute atomic E-state index is 12.4. The molecule has 1 amide bonds. The Balaban J connectivity index is 1.87. The second-order valence-electron chi connectivity index (χ2n) is 4.91. The molecule has 1 aliphatic heterocycles. The summed E-state index contributed by atoms with van der Waals surface area (Å²) in [5, 5.41) is 1.99. The SMILES string of the molecule is CC(=O)OC[C@H]1C(=O)N(c2ccccc2)[C@H]1c1cccs1. The highest BCUT2D eigenvalue weighted by molar-refractivity contribution is 7.10. The van der Waals surface area contributed by atoms with E-state index in [1.807, 2.05) is 47.8 Å². The van der Waals surface area contributed by atoms with Crippen molar-refractivity contribution in [1.29, 1.82) is 0 Å². The summed E-state index contributed by atoms with van der Waals surface area (Å²) in [7, 11) is 0. The summed E-state index contributed by atoms with van der Waals surface area (Å²) in [5.74, 6) is -0.653. The first-order chi connectivity index (χ1) is 10.2. The van der Waals surface area contributed by atoms with Gasteiger partial charge < -0.3 is 9.64 Å². The highest BCUT2D eigenvalue weighted by atomic mass is 32.1. The lowest BCUT2D eigenvalue weighted by Crippen LogP contribution is -2.56. The van der Waals surface area contributed by atoms with Crippen LogP contribution in [0.1, 0.15) is 17.8 Å². The van der Waals surface area contributed by atoms with Crippen LogP contribution in [0.15, 0.2) is 47.8 Å². The predicted molar refractivity (Wildman–Crippen MR) is 81.1 cm³/mol. The summed E-state index contributed by atoms with van der Waals surface area (Å²) in [6.07, 6.45) is 0. The molecule has 0 aliphatic carbocycles. The van der Waals surface area contributed by atoms with Crippen LogP contribution in [-0.2, 0) is 14.3 Å². The van der Waals surface area contributed by atoms with Crippen molar-refractivity contribution < 1.29 is 14.3 Å². The Morgan fingerprint density at radius 1 is 1.24 bits per heavy atom. The Kier molecular flexibility index (Phi) is 3.75. The zero-order valence-electron chi connectivity index (χ0n) is 11.6. The van der Waals surface area contributed by atoms with Gasteiger partial charge in [-0.15, -0.1) is 11.3 Å². The third kappa shape index (κ3) is 2.56. The van der Waals surface area contributed by atoms with Crippen LogP contribution in [0.25, 0.3) is 0 Å². The Morgan fingerprint density at radius 2 is 2.00 bits per heavy atom. The van der Waals surface area contributed by atoms with Crippen LogP contribution in [0.5, 0.6) is 0 Å². The van der Waals surface area contributed by atoms with Crippen LogP contribution in [0, 0.1) is 5.92 Å². The maximum atomic E-state index is 12.4. The van der Waals surface area contributed by atoms with Crippen LogP contribution >= 0.6 is 11.3 Å². The largest absolute Gasteiger partial charge is 0.465 e. The van der Waals surface area contributed by atoms with Crippen LogP contribution < -0.4 is 4.90 Å². The molecule has 0 radical (unpaired) electrons. The highest BCUT2D eigenvalue weighted by Gasteiger charge is 2.49. The molecule has 1 fully saturated rings. The minimum absolute atomic E-state index is 0.000787. The third-order valence-corrected chi connectivity index (χ3v) is 4.49. The Morgan fingerprint density at radius 3 is 2.62 bits per heavy atom. The van der Waals surface area contributed by atoms with E-state index in [1.165, 1.54) is 6.92 Å². The molecular formula is C16H15NO3S. The number of carbonyl (C=O) groups excluding carboxylic acids is 2. The number of ether oxygens (including phenoxy) is 1. The van der Waals surface area contributed by atoms with E-state index >= 15 is 0 Å². The van der Waals surface area contributed by atoms with Crippen molar-refractivity contribution in [1.82, 2.24) is 0 Å². The lowest BCUT2D eigenvalue weighted by Gasteiger charge is -2.46. The van der Waals surface area contributed by atoms with Crippen molar-refractivity contribution in [2.75, 3.05) is 11.5 Å². The van der Waals surface area contributed by atoms with Gasteiger partial charge in [-0.3, -0.25) is 9.59 Å². The van der Waals surface area contributed by atoms with Crippen molar-refractivity contribution in [3.8, 4) is 0 Å². The normalized spacial score (nSPS) is 21.0. The van der Waals surface area contributed by atoms with Gasteiger partial charge >= 0.3 is 5.97 Å². The van der Waals surface area contributed by atoms with Crippen molar-refractivity contribution >= 4 is 28.9 Å². The van der Waals surface area contributed by atoms with Gasteiger partial charge in [0.2, 0.25) is 5.91 Å². The molecule has 21 heavy (non-hydrogen) atoms. The fourth-order valence-electron chi connectivity index (χ4n) is 2.58. The van der Waals surface area contributed by atoms with E-state index in [0.29, 0.717) is 0 Å². The molecule has 0 spiro atoms. The van der Waals surface area contributed by atoms with Crippen LogP contribution in [-0.4, -0.2) is 18.5 Å². The molecule has 0 N–H and O–H groups in total. The van der Waals surface area contributed by atoms with Gasteiger partial charge in [0.1, 0.15) is 6.61 Å². The number of anilines is 1. The van der Waals surface area contributed by atoms with Crippen LogP contribution in [0.2, 0.25) is 0 Å². The number of esters is 1. The minimum Gasteiger partial charge on any atom is -0.465 e. The number of para-hydroxylation sites is 1. The molecular weight excluding hydrogens is 286 g/mol. The zero-order valence-corrected chi connectivity index (χ0v) is 12.4. The maximum Gasteiger partial charge on any atom is 0.302 e. The van der Waals surface area contributed by atoms with E-state index in [2.05, 4.69) is 0 Å². The van der Waals surface area contributed by atoms with Gasteiger partial charge in [-0.05, 0) is 23.6 Å². The zero-order chi connectivity index (χ0) is 14.8. The van der Waals surface area contributed by atoms with Crippen LogP contribution in [0.4, 0.5) is 5.69 Å². The van der Waals surface area contributed by atoms with Crippen LogP contribution in [0.3, 0.4) is 0 Å². The quantitative estimate of drug-likeness (QED) is 0.644. The molecule has 0 bridgehead atoms. The van der Waals surface area contributed by atoms with Gasteiger partial charge in [0.25, 0.3) is 0 Å². The number of carbonyl (C=O) groups is 2. The molecule has 1 aromatic carbocycles. The molecule has 0 unspecified atom stereocenters. The molecule has 108 valence electrons. The summed E-state index contributed by atoms with van der Waals surface area (Å²) in [6.45, 7) is 1.50. The minimum atomic E-state index is -0.356. The summed E-state index contributed by atoms with van der Waals surface area (Å²) in [5.41, 5.74) is 0.875. The fourth-order valence-corrected chi connectivity index (χ4v) is 3.46. The number of hydrogen-bond acceptors (Lipinski definition) is 4. The average molecular weight is 301 g/mol. The smallest absolute Gasteiger partial charge is 0.302 e. The van der Waals surface area contributed by atoms with E-state index in [4.69, 9.17) is 4.74 Å². The fraction of sp³-hybridized carbons (Fsp3) is 0.250. The molecule has 5 heteroatoms. The van der Waals surface area contributed by atoms with E-state index in [0.717, 1.165) is 10.6 Å². The number of thiophene rings is 1. The second-order valence-corrected chi connectivity index (χ2v) is 5.89. The van der Waals surface area contributed by atoms with Gasteiger partial charge in [-0.2, -0.15) is 0 Å². The van der Waals surface area contributed by atoms with Gasteiger partial charge in [0.05, 0.1) is 12.0 Å². The van der Waals surface area contributed by atoms with Gasteiger partial charge in [0.15, 0.2) is 0 Å². The summed E-state index contributed by atoms with van der Waals surface area (Å²) in [6, 6.07) is 13.5. The Hall–Kier alpha value is -2.14. The van der Waals surface area contributed by atoms with Crippen molar-refractivity contribution in [2.45, 2.75) is 13.0 Å². The molecule has 1 saturated heterocycles. The first kappa shape index (κ1) is 13.8. The van der Waals surface area contributed by atoms with E-state index in [1.54, 1.807) is 16.2 Å². The standard InChI is InChI=1S/C16H15NO3S/c1-11(18)20-10-13-15(14-8-5-9-21-14)17(16(13)19)12-6-3-2-4-7-12/h2-9,13,15H,10H2,1H3/t13-,15-/m1/s1. The topological polar surface area (TPSA) is 46.6 Å². The second kappa shape index (κ2) is 5.69. The van der Waals surface area contributed by atoms with Gasteiger partial charge in [-0.25, -0.2) is 0 Å². The number of amides is 1. The number of hydrogen-bond donors (Lipinski definition) is 0. The first-order valence-corrected chi connectivity index (χ1v) is 7.61. The van der Waals surface area contributed by atoms with E-state index in [-0.39, 0.29) is 30.4 Å². The Labute approximate surface area is 127 Å². The lowest BCUT2D eigenvalue weighted by atomic mass is 9.86. The first-order valence-electron chi connectivity index (χ1n) is 6.73. The van der Waals surface area contributed by atoms with Gasteiger partial charge in [-0.1, -0.05) is 24.3 Å². The van der Waals surface area contributed by atoms with E-state index in [9.17, 15) is 9.59 Å². The lowest BCUT2D eigenvalue weighted by molar-refractivity contribution is -0.146. The average Bonchev–Trinajstić information content (AvgIpc) is 2.99. The van der Waals surface area contributed by atoms with Crippen molar-refractivity contribution in [3.05, 3.63) is 52.7 Å². The summed E-state index contributed by atoms with van der Waals surface area (Å²) >= 11 is 1.61. The third-order valence-electron chi connectivity index (χ3n) is 3.55. The summed E-state index contributed by atoms with van der Waals surface area (Å²) in [4.78, 5) is 26.3. The molecule has 2 atom stereocenters. The monoisotopic (exact) mass is 301 g/mol. The van der Waals surface area contributed by atoms with Gasteiger partial charge in [0, 0.05) is 17.5 Å². The van der Waals surface area contributed by atoms with Crippen molar-refractivity contribution in [2.24, 2.45) is 5.92 Å². The molecule has 1 aliphatic rings. The number of benzene rings is 1. The number of β-lactam (4-membered cyclic amide) rings is 1. The predicted octanol–water partition coefficient (Wildman–Crippen LogP) is 3.02. The molecule has 2 aromatic rings. The van der Waals surface area contributed by atoms with Crippen molar-refractivity contribution in [3.63, 3.8) is 0 Å². The molecule has 3 rings (SSSR count). The molecule has 4 nitrogen and oxygen atoms in total. The van der Waals surface area contributed by atoms with E-state index < -0.39 is 0 Å². The number of nitrogens with zero attached hydrogens (tertiary/aromatic N) is 1.